The summed E-state index contributed by atoms with van der Waals surface area (Å²) in [6.07, 6.45) is 6.04. The van der Waals surface area contributed by atoms with Gasteiger partial charge in [0.05, 0.1) is 0 Å². The zero-order chi connectivity index (χ0) is 18.8. The van der Waals surface area contributed by atoms with E-state index in [0.717, 1.165) is 56.2 Å². The van der Waals surface area contributed by atoms with E-state index in [9.17, 15) is 9.18 Å². The molecule has 27 heavy (non-hydrogen) atoms. The van der Waals surface area contributed by atoms with Gasteiger partial charge < -0.3 is 10.2 Å². The standard InChI is InChI=1S/C23H27FN2O/c1-16-4-11-21(12-7-17-5-9-20(24)10-6-17)26(16)23(27)19-8-13-22-18(15-19)3-2-14-25-22/h5-6,8-10,13,15-16,21,25H,2-4,7,11-12,14H2,1H3/t16-,21-/m1/s1. The van der Waals surface area contributed by atoms with Gasteiger partial charge in [-0.1, -0.05) is 12.1 Å². The van der Waals surface area contributed by atoms with Gasteiger partial charge in [-0.15, -0.1) is 0 Å². The van der Waals surface area contributed by atoms with Gasteiger partial charge in [0.1, 0.15) is 5.82 Å². The second kappa shape index (κ2) is 7.71. The number of carbonyl (C=O) groups is 1. The lowest BCUT2D eigenvalue weighted by molar-refractivity contribution is 0.0672. The Morgan fingerprint density at radius 1 is 1.19 bits per heavy atom. The molecule has 2 aliphatic rings. The molecule has 0 aromatic heterocycles. The van der Waals surface area contributed by atoms with Crippen molar-refractivity contribution in [3.05, 3.63) is 65.0 Å². The maximum absolute atomic E-state index is 13.3. The number of halogens is 1. The van der Waals surface area contributed by atoms with Crippen LogP contribution in [0, 0.1) is 5.82 Å². The van der Waals surface area contributed by atoms with Crippen molar-refractivity contribution in [2.24, 2.45) is 0 Å². The molecule has 3 nitrogen and oxygen atoms in total. The van der Waals surface area contributed by atoms with Crippen LogP contribution in [0.1, 0.15) is 54.1 Å². The Morgan fingerprint density at radius 3 is 2.81 bits per heavy atom. The Balaban J connectivity index is 1.48. The van der Waals surface area contributed by atoms with E-state index in [-0.39, 0.29) is 23.8 Å². The predicted molar refractivity (Wildman–Crippen MR) is 107 cm³/mol. The number of nitrogens with one attached hydrogen (secondary N) is 1. The van der Waals surface area contributed by atoms with Gasteiger partial charge in [-0.3, -0.25) is 4.79 Å². The van der Waals surface area contributed by atoms with Crippen molar-refractivity contribution in [1.82, 2.24) is 4.90 Å². The summed E-state index contributed by atoms with van der Waals surface area (Å²) >= 11 is 0. The minimum absolute atomic E-state index is 0.150. The molecule has 2 atom stereocenters. The molecule has 0 bridgehead atoms. The molecule has 1 amide bonds. The van der Waals surface area contributed by atoms with Crippen LogP contribution in [0.15, 0.2) is 42.5 Å². The normalized spacial score (nSPS) is 21.6. The molecule has 0 aliphatic carbocycles. The van der Waals surface area contributed by atoms with Crippen molar-refractivity contribution in [2.45, 2.75) is 57.5 Å². The molecule has 0 spiro atoms. The second-order valence-electron chi connectivity index (χ2n) is 7.86. The molecule has 1 saturated heterocycles. The molecule has 2 aromatic carbocycles. The summed E-state index contributed by atoms with van der Waals surface area (Å²) in [5, 5.41) is 3.41. The van der Waals surface area contributed by atoms with E-state index in [1.165, 1.54) is 23.4 Å². The Kier molecular flexibility index (Phi) is 5.15. The quantitative estimate of drug-likeness (QED) is 0.842. The smallest absolute Gasteiger partial charge is 0.254 e. The topological polar surface area (TPSA) is 32.3 Å². The first kappa shape index (κ1) is 18.0. The first-order valence-corrected chi connectivity index (χ1v) is 10.1. The zero-order valence-corrected chi connectivity index (χ0v) is 15.9. The summed E-state index contributed by atoms with van der Waals surface area (Å²) in [6, 6.07) is 13.3. The molecule has 2 heterocycles. The van der Waals surface area contributed by atoms with E-state index in [1.807, 2.05) is 18.2 Å². The van der Waals surface area contributed by atoms with Gasteiger partial charge >= 0.3 is 0 Å². The number of fused-ring (bicyclic) bond motifs is 1. The molecule has 1 N–H and O–H groups in total. The minimum Gasteiger partial charge on any atom is -0.385 e. The molecule has 2 aromatic rings. The summed E-state index contributed by atoms with van der Waals surface area (Å²) in [6.45, 7) is 3.16. The molecule has 4 heteroatoms. The summed E-state index contributed by atoms with van der Waals surface area (Å²) in [7, 11) is 0. The van der Waals surface area contributed by atoms with Crippen molar-refractivity contribution in [2.75, 3.05) is 11.9 Å². The number of anilines is 1. The number of hydrogen-bond donors (Lipinski definition) is 1. The predicted octanol–water partition coefficient (Wildman–Crippen LogP) is 4.81. The number of likely N-dealkylation sites (tertiary alicyclic amines) is 1. The molecule has 0 radical (unpaired) electrons. The van der Waals surface area contributed by atoms with Crippen LogP contribution in [0.4, 0.5) is 10.1 Å². The lowest BCUT2D eigenvalue weighted by Gasteiger charge is -2.29. The van der Waals surface area contributed by atoms with Crippen molar-refractivity contribution in [3.8, 4) is 0 Å². The van der Waals surface area contributed by atoms with Gasteiger partial charge in [0.2, 0.25) is 0 Å². The zero-order valence-electron chi connectivity index (χ0n) is 15.9. The van der Waals surface area contributed by atoms with E-state index < -0.39 is 0 Å². The molecule has 142 valence electrons. The molecule has 1 fully saturated rings. The average Bonchev–Trinajstić information content (AvgIpc) is 3.07. The van der Waals surface area contributed by atoms with Crippen LogP contribution >= 0.6 is 0 Å². The first-order valence-electron chi connectivity index (χ1n) is 10.1. The fraction of sp³-hybridized carbons (Fsp3) is 0.435. The molecule has 4 rings (SSSR count). The van der Waals surface area contributed by atoms with Gasteiger partial charge in [0.25, 0.3) is 5.91 Å². The molecule has 0 saturated carbocycles. The third-order valence-electron chi connectivity index (χ3n) is 5.99. The SMILES string of the molecule is C[C@@H]1CC[C@H](CCc2ccc(F)cc2)N1C(=O)c1ccc2c(c1)CCCN2. The lowest BCUT2D eigenvalue weighted by atomic mass is 9.99. The van der Waals surface area contributed by atoms with Crippen LogP contribution in [0.25, 0.3) is 0 Å². The Labute approximate surface area is 160 Å². The van der Waals surface area contributed by atoms with Crippen LogP contribution in [0.3, 0.4) is 0 Å². The molecular weight excluding hydrogens is 339 g/mol. The Hall–Kier alpha value is -2.36. The van der Waals surface area contributed by atoms with Crippen LogP contribution in [0.5, 0.6) is 0 Å². The van der Waals surface area contributed by atoms with Crippen LogP contribution in [-0.2, 0) is 12.8 Å². The summed E-state index contributed by atoms with van der Waals surface area (Å²) < 4.78 is 13.1. The summed E-state index contributed by atoms with van der Waals surface area (Å²) in [4.78, 5) is 15.4. The number of amides is 1. The number of rotatable bonds is 4. The van der Waals surface area contributed by atoms with Crippen molar-refractivity contribution >= 4 is 11.6 Å². The van der Waals surface area contributed by atoms with Gasteiger partial charge in [-0.25, -0.2) is 4.39 Å². The average molecular weight is 366 g/mol. The maximum Gasteiger partial charge on any atom is 0.254 e. The fourth-order valence-corrected chi connectivity index (χ4v) is 4.46. The highest BCUT2D eigenvalue weighted by molar-refractivity contribution is 5.95. The summed E-state index contributed by atoms with van der Waals surface area (Å²) in [5.41, 5.74) is 4.35. The molecule has 2 aliphatic heterocycles. The first-order chi connectivity index (χ1) is 13.1. The highest BCUT2D eigenvalue weighted by Gasteiger charge is 2.34. The third kappa shape index (κ3) is 3.85. The highest BCUT2D eigenvalue weighted by Crippen LogP contribution is 2.30. The van der Waals surface area contributed by atoms with E-state index in [0.29, 0.717) is 0 Å². The fourth-order valence-electron chi connectivity index (χ4n) is 4.46. The van der Waals surface area contributed by atoms with Gasteiger partial charge in [-0.2, -0.15) is 0 Å². The van der Waals surface area contributed by atoms with Crippen molar-refractivity contribution < 1.29 is 9.18 Å². The maximum atomic E-state index is 13.3. The van der Waals surface area contributed by atoms with Gasteiger partial charge in [-0.05, 0) is 86.9 Å². The van der Waals surface area contributed by atoms with E-state index >= 15 is 0 Å². The molecular formula is C23H27FN2O. The van der Waals surface area contributed by atoms with E-state index in [4.69, 9.17) is 0 Å². The van der Waals surface area contributed by atoms with Crippen molar-refractivity contribution in [1.29, 1.82) is 0 Å². The van der Waals surface area contributed by atoms with Crippen LogP contribution in [0.2, 0.25) is 0 Å². The Morgan fingerprint density at radius 2 is 2.00 bits per heavy atom. The van der Waals surface area contributed by atoms with Crippen LogP contribution in [-0.4, -0.2) is 29.4 Å². The van der Waals surface area contributed by atoms with Gasteiger partial charge in [0, 0.05) is 29.9 Å². The number of benzene rings is 2. The highest BCUT2D eigenvalue weighted by atomic mass is 19.1. The minimum atomic E-state index is -0.202. The molecule has 0 unspecified atom stereocenters. The lowest BCUT2D eigenvalue weighted by Crippen LogP contribution is -2.40. The van der Waals surface area contributed by atoms with Crippen LogP contribution < -0.4 is 5.32 Å². The number of aryl methyl sites for hydroxylation is 2. The number of hydrogen-bond acceptors (Lipinski definition) is 2. The number of nitrogens with zero attached hydrogens (tertiary/aromatic N) is 1. The monoisotopic (exact) mass is 366 g/mol. The Bertz CT molecular complexity index is 818. The van der Waals surface area contributed by atoms with E-state index in [2.05, 4.69) is 29.3 Å². The summed E-state index contributed by atoms with van der Waals surface area (Å²) in [5.74, 6) is -0.0515. The van der Waals surface area contributed by atoms with Gasteiger partial charge in [0.15, 0.2) is 0 Å². The van der Waals surface area contributed by atoms with E-state index in [1.54, 1.807) is 0 Å². The van der Waals surface area contributed by atoms with Crippen molar-refractivity contribution in [3.63, 3.8) is 0 Å². The second-order valence-corrected chi connectivity index (χ2v) is 7.86. The number of carbonyl (C=O) groups excluding carboxylic acids is 1. The third-order valence-corrected chi connectivity index (χ3v) is 5.99. The largest absolute Gasteiger partial charge is 0.385 e.